The van der Waals surface area contributed by atoms with Gasteiger partial charge in [0.15, 0.2) is 0 Å². The van der Waals surface area contributed by atoms with Crippen LogP contribution in [0.2, 0.25) is 0 Å². The first kappa shape index (κ1) is 14.8. The van der Waals surface area contributed by atoms with Gasteiger partial charge < -0.3 is 10.0 Å². The molecule has 0 aromatic carbocycles. The van der Waals surface area contributed by atoms with E-state index in [9.17, 15) is 4.79 Å². The molecule has 15 heavy (non-hydrogen) atoms. The van der Waals surface area contributed by atoms with Crippen LogP contribution in [0.25, 0.3) is 0 Å². The highest BCUT2D eigenvalue weighted by Crippen LogP contribution is 2.21. The Hall–Kier alpha value is -0.220. The molecule has 0 heterocycles. The number of carbonyl (C=O) groups excluding carboxylic acids is 1. The molecule has 0 saturated heterocycles. The van der Waals surface area contributed by atoms with Crippen LogP contribution in [0.4, 0.5) is 0 Å². The van der Waals surface area contributed by atoms with Crippen LogP contribution in [0.15, 0.2) is 0 Å². The number of aliphatic hydroxyl groups excluding tert-OH is 1. The average Bonchev–Trinajstić information content (AvgIpc) is 2.21. The number of aliphatic hydroxyl groups is 1. The van der Waals surface area contributed by atoms with Crippen LogP contribution < -0.4 is 0 Å². The lowest BCUT2D eigenvalue weighted by Crippen LogP contribution is -2.41. The zero-order valence-electron chi connectivity index (χ0n) is 10.2. The zero-order chi connectivity index (χ0) is 11.8. The second-order valence-electron chi connectivity index (χ2n) is 3.76. The Morgan fingerprint density at radius 2 is 2.00 bits per heavy atom. The molecule has 0 radical (unpaired) electrons. The van der Waals surface area contributed by atoms with E-state index in [1.54, 1.807) is 16.7 Å². The fraction of sp³-hybridized carbons (Fsp3) is 0.909. The number of hydrogen-bond donors (Lipinski definition) is 1. The first-order chi connectivity index (χ1) is 7.08. The number of hydrogen-bond acceptors (Lipinski definition) is 3. The third-order valence-electron chi connectivity index (χ3n) is 2.26. The number of carbonyl (C=O) groups is 1. The molecule has 0 aliphatic rings. The van der Waals surface area contributed by atoms with Crippen LogP contribution in [-0.2, 0) is 4.79 Å². The highest BCUT2D eigenvalue weighted by molar-refractivity contribution is 8.00. The van der Waals surface area contributed by atoms with Gasteiger partial charge in [-0.1, -0.05) is 20.8 Å². The molecule has 0 saturated carbocycles. The predicted octanol–water partition coefficient (Wildman–Crippen LogP) is 1.60. The number of nitrogens with zero attached hydrogens (tertiary/aromatic N) is 1. The van der Waals surface area contributed by atoms with Gasteiger partial charge in [-0.3, -0.25) is 4.79 Å². The summed E-state index contributed by atoms with van der Waals surface area (Å²) in [6, 6.07) is 0. The lowest BCUT2D eigenvalue weighted by atomic mass is 10.1. The monoisotopic (exact) mass is 233 g/mol. The molecule has 1 atom stereocenters. The van der Waals surface area contributed by atoms with Gasteiger partial charge in [0, 0.05) is 13.1 Å². The highest BCUT2D eigenvalue weighted by Gasteiger charge is 2.25. The quantitative estimate of drug-likeness (QED) is 0.726. The summed E-state index contributed by atoms with van der Waals surface area (Å²) in [5.74, 6) is 1.45. The minimum Gasteiger partial charge on any atom is -0.395 e. The Morgan fingerprint density at radius 1 is 1.40 bits per heavy atom. The molecule has 0 fully saturated rings. The molecule has 0 aromatic rings. The maximum Gasteiger partial charge on any atom is 0.236 e. The number of likely N-dealkylation sites (N-methyl/N-ethyl adjacent to an activating group) is 1. The Labute approximate surface area is 97.2 Å². The lowest BCUT2D eigenvalue weighted by molar-refractivity contribution is -0.131. The van der Waals surface area contributed by atoms with Gasteiger partial charge in [0.05, 0.1) is 11.9 Å². The van der Waals surface area contributed by atoms with Gasteiger partial charge in [0.2, 0.25) is 5.91 Å². The molecule has 1 amide bonds. The Morgan fingerprint density at radius 3 is 2.33 bits per heavy atom. The van der Waals surface area contributed by atoms with E-state index in [-0.39, 0.29) is 17.8 Å². The maximum absolute atomic E-state index is 12.1. The summed E-state index contributed by atoms with van der Waals surface area (Å²) in [6.45, 7) is 9.31. The number of amides is 1. The summed E-state index contributed by atoms with van der Waals surface area (Å²) in [5.41, 5.74) is 0. The molecule has 0 spiro atoms. The summed E-state index contributed by atoms with van der Waals surface area (Å²) in [4.78, 5) is 13.8. The zero-order valence-corrected chi connectivity index (χ0v) is 11.0. The van der Waals surface area contributed by atoms with Crippen molar-refractivity contribution >= 4 is 17.7 Å². The number of rotatable bonds is 7. The van der Waals surface area contributed by atoms with Crippen LogP contribution in [0.5, 0.6) is 0 Å². The predicted molar refractivity (Wildman–Crippen MR) is 66.1 cm³/mol. The van der Waals surface area contributed by atoms with Crippen molar-refractivity contribution in [2.75, 3.05) is 25.4 Å². The van der Waals surface area contributed by atoms with Crippen molar-refractivity contribution < 1.29 is 9.90 Å². The molecule has 0 bridgehead atoms. The van der Waals surface area contributed by atoms with Crippen molar-refractivity contribution in [3.8, 4) is 0 Å². The van der Waals surface area contributed by atoms with Crippen LogP contribution in [-0.4, -0.2) is 46.6 Å². The fourth-order valence-corrected chi connectivity index (χ4v) is 2.49. The first-order valence-electron chi connectivity index (χ1n) is 5.59. The normalized spacial score (nSPS) is 12.9. The van der Waals surface area contributed by atoms with E-state index in [1.165, 1.54) is 0 Å². The molecule has 0 aromatic heterocycles. The second kappa shape index (κ2) is 7.99. The molecule has 90 valence electrons. The van der Waals surface area contributed by atoms with E-state index in [4.69, 9.17) is 5.11 Å². The molecule has 4 heteroatoms. The molecular weight excluding hydrogens is 210 g/mol. The van der Waals surface area contributed by atoms with Gasteiger partial charge >= 0.3 is 0 Å². The minimum atomic E-state index is 0.0292. The maximum atomic E-state index is 12.1. The summed E-state index contributed by atoms with van der Waals surface area (Å²) >= 11 is 1.69. The van der Waals surface area contributed by atoms with Crippen molar-refractivity contribution in [3.63, 3.8) is 0 Å². The summed E-state index contributed by atoms with van der Waals surface area (Å²) in [5, 5.41) is 8.90. The van der Waals surface area contributed by atoms with Crippen molar-refractivity contribution in [1.29, 1.82) is 0 Å². The van der Waals surface area contributed by atoms with Gasteiger partial charge in [-0.2, -0.15) is 0 Å². The van der Waals surface area contributed by atoms with Crippen molar-refractivity contribution in [1.82, 2.24) is 4.90 Å². The SMILES string of the molecule is CCSC(C(=O)N(CC)CCO)C(C)C. The topological polar surface area (TPSA) is 40.5 Å². The van der Waals surface area contributed by atoms with E-state index >= 15 is 0 Å². The van der Waals surface area contributed by atoms with E-state index < -0.39 is 0 Å². The summed E-state index contributed by atoms with van der Waals surface area (Å²) in [6.07, 6.45) is 0. The van der Waals surface area contributed by atoms with Gasteiger partial charge in [-0.15, -0.1) is 11.8 Å². The molecular formula is C11H23NO2S. The fourth-order valence-electron chi connectivity index (χ4n) is 1.45. The van der Waals surface area contributed by atoms with Gasteiger partial charge in [-0.05, 0) is 18.6 Å². The molecule has 0 aliphatic carbocycles. The summed E-state index contributed by atoms with van der Waals surface area (Å²) in [7, 11) is 0. The van der Waals surface area contributed by atoms with Crippen LogP contribution >= 0.6 is 11.8 Å². The largest absolute Gasteiger partial charge is 0.395 e. The third-order valence-corrected chi connectivity index (χ3v) is 3.70. The van der Waals surface area contributed by atoms with Gasteiger partial charge in [0.1, 0.15) is 0 Å². The van der Waals surface area contributed by atoms with Crippen molar-refractivity contribution in [3.05, 3.63) is 0 Å². The highest BCUT2D eigenvalue weighted by atomic mass is 32.2. The minimum absolute atomic E-state index is 0.0292. The number of thioether (sulfide) groups is 1. The Bertz CT molecular complexity index is 185. The standard InChI is InChI=1S/C11H23NO2S/c1-5-12(7-8-13)11(14)10(9(3)4)15-6-2/h9-10,13H,5-8H2,1-4H3. The Kier molecular flexibility index (Phi) is 7.88. The molecule has 0 aliphatic heterocycles. The van der Waals surface area contributed by atoms with Gasteiger partial charge in [-0.25, -0.2) is 0 Å². The van der Waals surface area contributed by atoms with E-state index in [0.717, 1.165) is 5.75 Å². The van der Waals surface area contributed by atoms with E-state index in [2.05, 4.69) is 20.8 Å². The smallest absolute Gasteiger partial charge is 0.236 e. The first-order valence-corrected chi connectivity index (χ1v) is 6.64. The van der Waals surface area contributed by atoms with Crippen LogP contribution in [0.1, 0.15) is 27.7 Å². The second-order valence-corrected chi connectivity index (χ2v) is 5.18. The molecule has 1 unspecified atom stereocenters. The van der Waals surface area contributed by atoms with Crippen LogP contribution in [0, 0.1) is 5.92 Å². The lowest BCUT2D eigenvalue weighted by Gasteiger charge is -2.27. The van der Waals surface area contributed by atoms with E-state index in [0.29, 0.717) is 19.0 Å². The average molecular weight is 233 g/mol. The van der Waals surface area contributed by atoms with E-state index in [1.807, 2.05) is 6.92 Å². The van der Waals surface area contributed by atoms with Crippen molar-refractivity contribution in [2.24, 2.45) is 5.92 Å². The molecule has 3 nitrogen and oxygen atoms in total. The summed E-state index contributed by atoms with van der Waals surface area (Å²) < 4.78 is 0. The van der Waals surface area contributed by atoms with Crippen LogP contribution in [0.3, 0.4) is 0 Å². The van der Waals surface area contributed by atoms with Crippen molar-refractivity contribution in [2.45, 2.75) is 32.9 Å². The van der Waals surface area contributed by atoms with Gasteiger partial charge in [0.25, 0.3) is 0 Å². The Balaban J connectivity index is 4.44. The molecule has 1 N–H and O–H groups in total. The third kappa shape index (κ3) is 4.89. The molecule has 0 rings (SSSR count).